The number of nitrogens with zero attached hydrogens (tertiary/aromatic N) is 2. The Bertz CT molecular complexity index is 1130. The van der Waals surface area contributed by atoms with Crippen LogP contribution in [-0.2, 0) is 16.0 Å². The number of fused-ring (bicyclic) bond motifs is 1. The zero-order chi connectivity index (χ0) is 20.5. The molecule has 3 aromatic rings. The number of anilines is 1. The predicted octanol–water partition coefficient (Wildman–Crippen LogP) is 3.05. The number of hydrogen-bond acceptors (Lipinski definition) is 6. The number of carbonyl (C=O) groups excluding carboxylic acids is 1. The first kappa shape index (κ1) is 18.5. The molecule has 0 atom stereocenters. The normalized spacial score (nSPS) is 14.0. The van der Waals surface area contributed by atoms with Gasteiger partial charge in [-0.05, 0) is 29.8 Å². The predicted molar refractivity (Wildman–Crippen MR) is 109 cm³/mol. The molecule has 8 nitrogen and oxygen atoms in total. The average Bonchev–Trinajstić information content (AvgIpc) is 3.27. The van der Waals surface area contributed by atoms with Gasteiger partial charge in [0.05, 0.1) is 43.8 Å². The summed E-state index contributed by atoms with van der Waals surface area (Å²) in [5, 5.41) is 19.1. The minimum Gasteiger partial charge on any atom is -0.509 e. The van der Waals surface area contributed by atoms with Crippen LogP contribution in [0.2, 0.25) is 0 Å². The van der Waals surface area contributed by atoms with Crippen LogP contribution >= 0.6 is 0 Å². The Hall–Kier alpha value is -3.81. The summed E-state index contributed by atoms with van der Waals surface area (Å²) in [4.78, 5) is 20.7. The summed E-state index contributed by atoms with van der Waals surface area (Å²) in [6.45, 7) is 0.172. The molecule has 1 aliphatic heterocycles. The Labute approximate surface area is 166 Å². The number of esters is 1. The molecule has 1 aromatic heterocycles. The van der Waals surface area contributed by atoms with Crippen LogP contribution in [0.5, 0.6) is 5.75 Å². The van der Waals surface area contributed by atoms with Gasteiger partial charge in [0, 0.05) is 11.8 Å². The third-order valence-corrected chi connectivity index (χ3v) is 4.85. The van der Waals surface area contributed by atoms with Crippen molar-refractivity contribution in [3.63, 3.8) is 0 Å². The molecule has 0 unspecified atom stereocenters. The number of amidine groups is 1. The molecule has 0 saturated carbocycles. The number of benzene rings is 2. The highest BCUT2D eigenvalue weighted by molar-refractivity contribution is 6.30. The van der Waals surface area contributed by atoms with Gasteiger partial charge in [0.1, 0.15) is 23.2 Å². The topological polar surface area (TPSA) is 112 Å². The van der Waals surface area contributed by atoms with Crippen molar-refractivity contribution in [1.82, 2.24) is 9.97 Å². The lowest BCUT2D eigenvalue weighted by molar-refractivity contribution is -0.139. The Morgan fingerprint density at radius 1 is 1.24 bits per heavy atom. The molecule has 0 radical (unpaired) electrons. The first-order valence-electron chi connectivity index (χ1n) is 8.98. The van der Waals surface area contributed by atoms with E-state index in [2.05, 4.69) is 14.7 Å². The van der Waals surface area contributed by atoms with Crippen molar-refractivity contribution in [2.24, 2.45) is 0 Å². The maximum Gasteiger partial charge on any atom is 0.309 e. The van der Waals surface area contributed by atoms with E-state index >= 15 is 0 Å². The van der Waals surface area contributed by atoms with Crippen molar-refractivity contribution in [2.45, 2.75) is 6.42 Å². The first-order valence-corrected chi connectivity index (χ1v) is 8.98. The van der Waals surface area contributed by atoms with E-state index in [0.29, 0.717) is 17.1 Å². The zero-order valence-corrected chi connectivity index (χ0v) is 16.0. The number of aromatic nitrogens is 2. The quantitative estimate of drug-likeness (QED) is 0.576. The number of aromatic amines is 1. The Kier molecular flexibility index (Phi) is 4.67. The van der Waals surface area contributed by atoms with Gasteiger partial charge in [-0.1, -0.05) is 12.1 Å². The van der Waals surface area contributed by atoms with E-state index in [1.54, 1.807) is 12.0 Å². The zero-order valence-electron chi connectivity index (χ0n) is 16.0. The standard InChI is InChI=1S/C21H20N4O4/c1-28-14-7-8-15-16(10-14)24-21(23-15)19-17(26)11-25(20(19)22)13-5-3-12(4-6-13)9-18(27)29-2/h3-8,10,22,26H,9,11H2,1-2H3,(H,23,24). The van der Waals surface area contributed by atoms with Gasteiger partial charge in [-0.3, -0.25) is 10.2 Å². The van der Waals surface area contributed by atoms with Crippen LogP contribution in [-0.4, -0.2) is 47.6 Å². The number of nitrogens with one attached hydrogen (secondary N) is 2. The number of methoxy groups -OCH3 is 2. The number of aliphatic hydroxyl groups is 1. The molecule has 1 aliphatic rings. The molecule has 2 aromatic carbocycles. The number of hydrogen-bond donors (Lipinski definition) is 3. The van der Waals surface area contributed by atoms with Crippen LogP contribution < -0.4 is 9.64 Å². The minimum atomic E-state index is -0.310. The van der Waals surface area contributed by atoms with Crippen molar-refractivity contribution in [2.75, 3.05) is 25.7 Å². The fraction of sp³-hybridized carbons (Fsp3) is 0.190. The lowest BCUT2D eigenvalue weighted by Crippen LogP contribution is -2.26. The molecule has 148 valence electrons. The van der Waals surface area contributed by atoms with Crippen LogP contribution in [0.15, 0.2) is 48.2 Å². The van der Waals surface area contributed by atoms with Crippen LogP contribution in [0.25, 0.3) is 16.6 Å². The van der Waals surface area contributed by atoms with E-state index in [9.17, 15) is 9.90 Å². The maximum absolute atomic E-state index is 11.4. The van der Waals surface area contributed by atoms with Crippen molar-refractivity contribution in [1.29, 1.82) is 5.41 Å². The van der Waals surface area contributed by atoms with Gasteiger partial charge in [0.25, 0.3) is 0 Å². The average molecular weight is 392 g/mol. The summed E-state index contributed by atoms with van der Waals surface area (Å²) < 4.78 is 9.90. The fourth-order valence-corrected chi connectivity index (χ4v) is 3.32. The van der Waals surface area contributed by atoms with E-state index in [1.807, 2.05) is 42.5 Å². The lowest BCUT2D eigenvalue weighted by Gasteiger charge is -2.18. The number of ether oxygens (including phenoxy) is 2. The Morgan fingerprint density at radius 2 is 2.00 bits per heavy atom. The van der Waals surface area contributed by atoms with E-state index < -0.39 is 0 Å². The van der Waals surface area contributed by atoms with Gasteiger partial charge >= 0.3 is 5.97 Å². The van der Waals surface area contributed by atoms with Crippen molar-refractivity contribution in [3.05, 3.63) is 59.6 Å². The molecule has 0 amide bonds. The highest BCUT2D eigenvalue weighted by Gasteiger charge is 2.31. The monoisotopic (exact) mass is 392 g/mol. The molecule has 0 fully saturated rings. The summed E-state index contributed by atoms with van der Waals surface area (Å²) in [6.07, 6.45) is 0.186. The van der Waals surface area contributed by atoms with E-state index in [0.717, 1.165) is 22.3 Å². The van der Waals surface area contributed by atoms with Gasteiger partial charge in [-0.15, -0.1) is 0 Å². The second-order valence-corrected chi connectivity index (χ2v) is 6.64. The van der Waals surface area contributed by atoms with Gasteiger partial charge in [-0.2, -0.15) is 0 Å². The SMILES string of the molecule is COC(=O)Cc1ccc(N2CC(O)=C(c3nc4ccc(OC)cc4[nH]3)C2=N)cc1. The second kappa shape index (κ2) is 7.31. The lowest BCUT2D eigenvalue weighted by atomic mass is 10.1. The number of aliphatic hydroxyl groups excluding tert-OH is 1. The molecule has 0 spiro atoms. The van der Waals surface area contributed by atoms with Crippen molar-refractivity contribution >= 4 is 34.1 Å². The van der Waals surface area contributed by atoms with E-state index in [4.69, 9.17) is 10.1 Å². The smallest absolute Gasteiger partial charge is 0.309 e. The molecule has 3 N–H and O–H groups in total. The number of carbonyl (C=O) groups is 1. The molecule has 29 heavy (non-hydrogen) atoms. The third kappa shape index (κ3) is 3.40. The van der Waals surface area contributed by atoms with Crippen LogP contribution in [0.3, 0.4) is 0 Å². The molecule has 8 heteroatoms. The second-order valence-electron chi connectivity index (χ2n) is 6.64. The molecule has 0 aliphatic carbocycles. The van der Waals surface area contributed by atoms with Gasteiger partial charge in [0.15, 0.2) is 0 Å². The molecule has 0 saturated heterocycles. The van der Waals surface area contributed by atoms with Gasteiger partial charge in [-0.25, -0.2) is 4.98 Å². The van der Waals surface area contributed by atoms with Crippen LogP contribution in [0.1, 0.15) is 11.4 Å². The molecule has 4 rings (SSSR count). The summed E-state index contributed by atoms with van der Waals surface area (Å²) in [5.74, 6) is 1.03. The third-order valence-electron chi connectivity index (χ3n) is 4.85. The van der Waals surface area contributed by atoms with E-state index in [-0.39, 0.29) is 30.5 Å². The Balaban J connectivity index is 1.59. The summed E-state index contributed by atoms with van der Waals surface area (Å²) in [5.41, 5.74) is 3.40. The van der Waals surface area contributed by atoms with Crippen molar-refractivity contribution in [3.8, 4) is 5.75 Å². The van der Waals surface area contributed by atoms with Gasteiger partial charge in [0.2, 0.25) is 0 Å². The first-order chi connectivity index (χ1) is 14.0. The number of rotatable bonds is 5. The highest BCUT2D eigenvalue weighted by atomic mass is 16.5. The molecule has 0 bridgehead atoms. The Morgan fingerprint density at radius 3 is 2.69 bits per heavy atom. The fourth-order valence-electron chi connectivity index (χ4n) is 3.32. The molecular weight excluding hydrogens is 372 g/mol. The molecular formula is C21H20N4O4. The minimum absolute atomic E-state index is 0.0691. The largest absolute Gasteiger partial charge is 0.509 e. The van der Waals surface area contributed by atoms with Crippen molar-refractivity contribution < 1.29 is 19.4 Å². The summed E-state index contributed by atoms with van der Waals surface area (Å²) in [7, 11) is 2.94. The van der Waals surface area contributed by atoms with Gasteiger partial charge < -0.3 is 24.5 Å². The van der Waals surface area contributed by atoms with Crippen LogP contribution in [0, 0.1) is 5.41 Å². The number of imidazole rings is 1. The van der Waals surface area contributed by atoms with E-state index in [1.165, 1.54) is 7.11 Å². The maximum atomic E-state index is 11.4. The summed E-state index contributed by atoms with van der Waals surface area (Å²) in [6, 6.07) is 12.7. The summed E-state index contributed by atoms with van der Waals surface area (Å²) >= 11 is 0. The number of H-pyrrole nitrogens is 1. The van der Waals surface area contributed by atoms with Crippen LogP contribution in [0.4, 0.5) is 5.69 Å². The highest BCUT2D eigenvalue weighted by Crippen LogP contribution is 2.31. The molecule has 2 heterocycles.